The molecular weight excluding hydrogens is 208 g/mol. The zero-order valence-corrected chi connectivity index (χ0v) is 9.80. The first-order valence-corrected chi connectivity index (χ1v) is 5.49. The Morgan fingerprint density at radius 3 is 2.87 bits per heavy atom. The van der Waals surface area contributed by atoms with Gasteiger partial charge in [-0.15, -0.1) is 0 Å². The summed E-state index contributed by atoms with van der Waals surface area (Å²) in [7, 11) is 4.04. The maximum atomic E-state index is 6.17. The lowest BCUT2D eigenvalue weighted by molar-refractivity contribution is 0.746. The summed E-state index contributed by atoms with van der Waals surface area (Å²) >= 11 is 6.17. The lowest BCUT2D eigenvalue weighted by atomic mass is 10.2. The van der Waals surface area contributed by atoms with Crippen molar-refractivity contribution in [2.24, 2.45) is 7.05 Å². The Kier molecular flexibility index (Phi) is 2.98. The molecule has 2 rings (SSSR count). The number of rotatable bonds is 3. The van der Waals surface area contributed by atoms with Gasteiger partial charge < -0.3 is 9.88 Å². The summed E-state index contributed by atoms with van der Waals surface area (Å²) in [5.41, 5.74) is 2.44. The van der Waals surface area contributed by atoms with Gasteiger partial charge in [0.25, 0.3) is 0 Å². The molecule has 0 aliphatic carbocycles. The number of nitrogens with one attached hydrogen (secondary N) is 1. The van der Waals surface area contributed by atoms with Crippen molar-refractivity contribution in [2.45, 2.75) is 6.42 Å². The Hall–Kier alpha value is -0.990. The Labute approximate surface area is 94.8 Å². The van der Waals surface area contributed by atoms with E-state index in [1.807, 2.05) is 19.2 Å². The molecule has 0 amide bonds. The molecule has 0 saturated heterocycles. The number of aryl methyl sites for hydroxylation is 1. The highest BCUT2D eigenvalue weighted by atomic mass is 35.5. The van der Waals surface area contributed by atoms with Crippen LogP contribution in [-0.4, -0.2) is 18.2 Å². The highest BCUT2D eigenvalue weighted by Gasteiger charge is 2.07. The Morgan fingerprint density at radius 2 is 2.20 bits per heavy atom. The molecule has 80 valence electrons. The first-order chi connectivity index (χ1) is 7.24. The maximum absolute atomic E-state index is 6.17. The molecule has 0 bridgehead atoms. The molecule has 3 heteroatoms. The largest absolute Gasteiger partial charge is 0.346 e. The third kappa shape index (κ3) is 1.87. The van der Waals surface area contributed by atoms with Gasteiger partial charge in [0, 0.05) is 31.1 Å². The second-order valence-electron chi connectivity index (χ2n) is 3.73. The highest BCUT2D eigenvalue weighted by Crippen LogP contribution is 2.26. The summed E-state index contributed by atoms with van der Waals surface area (Å²) in [6.45, 7) is 0.988. The van der Waals surface area contributed by atoms with Crippen LogP contribution >= 0.6 is 11.6 Å². The van der Waals surface area contributed by atoms with E-state index in [1.165, 1.54) is 11.1 Å². The van der Waals surface area contributed by atoms with Crippen molar-refractivity contribution in [1.82, 2.24) is 9.88 Å². The zero-order chi connectivity index (χ0) is 10.8. The van der Waals surface area contributed by atoms with E-state index in [4.69, 9.17) is 11.6 Å². The topological polar surface area (TPSA) is 17.0 Å². The van der Waals surface area contributed by atoms with Gasteiger partial charge in [-0.3, -0.25) is 0 Å². The first kappa shape index (κ1) is 10.5. The number of aromatic nitrogens is 1. The molecule has 0 aliphatic heterocycles. The van der Waals surface area contributed by atoms with E-state index in [2.05, 4.69) is 29.1 Å². The third-order valence-electron chi connectivity index (χ3n) is 2.74. The van der Waals surface area contributed by atoms with E-state index in [0.717, 1.165) is 23.5 Å². The van der Waals surface area contributed by atoms with Crippen molar-refractivity contribution < 1.29 is 0 Å². The average Bonchev–Trinajstić information content (AvgIpc) is 2.54. The minimum atomic E-state index is 0.825. The fourth-order valence-corrected chi connectivity index (χ4v) is 2.22. The summed E-state index contributed by atoms with van der Waals surface area (Å²) < 4.78 is 2.18. The van der Waals surface area contributed by atoms with E-state index in [0.29, 0.717) is 0 Å². The van der Waals surface area contributed by atoms with Crippen LogP contribution in [0.4, 0.5) is 0 Å². The minimum Gasteiger partial charge on any atom is -0.346 e. The number of hydrogen-bond acceptors (Lipinski definition) is 1. The Morgan fingerprint density at radius 1 is 1.40 bits per heavy atom. The number of fused-ring (bicyclic) bond motifs is 1. The first-order valence-electron chi connectivity index (χ1n) is 5.11. The number of nitrogens with zero attached hydrogens (tertiary/aromatic N) is 1. The zero-order valence-electron chi connectivity index (χ0n) is 9.05. The smallest absolute Gasteiger partial charge is 0.0669 e. The highest BCUT2D eigenvalue weighted by molar-refractivity contribution is 6.35. The average molecular weight is 223 g/mol. The molecule has 1 N–H and O–H groups in total. The van der Waals surface area contributed by atoms with Crippen LogP contribution in [0, 0.1) is 0 Å². The van der Waals surface area contributed by atoms with Crippen molar-refractivity contribution in [1.29, 1.82) is 0 Å². The van der Waals surface area contributed by atoms with Gasteiger partial charge in [-0.25, -0.2) is 0 Å². The maximum Gasteiger partial charge on any atom is 0.0669 e. The van der Waals surface area contributed by atoms with Crippen molar-refractivity contribution in [3.05, 3.63) is 35.0 Å². The molecule has 1 aromatic carbocycles. The molecule has 2 nitrogen and oxygen atoms in total. The Balaban J connectivity index is 2.50. The molecule has 0 spiro atoms. The van der Waals surface area contributed by atoms with Crippen molar-refractivity contribution in [3.8, 4) is 0 Å². The van der Waals surface area contributed by atoms with E-state index < -0.39 is 0 Å². The number of benzene rings is 1. The van der Waals surface area contributed by atoms with E-state index in [1.54, 1.807) is 0 Å². The number of halogens is 1. The molecule has 2 aromatic rings. The van der Waals surface area contributed by atoms with Crippen molar-refractivity contribution >= 4 is 22.5 Å². The predicted molar refractivity (Wildman–Crippen MR) is 65.6 cm³/mol. The van der Waals surface area contributed by atoms with E-state index >= 15 is 0 Å². The summed E-state index contributed by atoms with van der Waals surface area (Å²) in [5.74, 6) is 0. The molecule has 0 atom stereocenters. The lowest BCUT2D eigenvalue weighted by Crippen LogP contribution is -2.12. The number of para-hydroxylation sites is 1. The third-order valence-corrected chi connectivity index (χ3v) is 3.04. The van der Waals surface area contributed by atoms with Gasteiger partial charge in [0.05, 0.1) is 10.5 Å². The van der Waals surface area contributed by atoms with Crippen LogP contribution in [0.2, 0.25) is 5.02 Å². The second kappa shape index (κ2) is 4.25. The number of hydrogen-bond donors (Lipinski definition) is 1. The monoisotopic (exact) mass is 222 g/mol. The summed E-state index contributed by atoms with van der Waals surface area (Å²) in [4.78, 5) is 0. The predicted octanol–water partition coefficient (Wildman–Crippen LogP) is 2.59. The van der Waals surface area contributed by atoms with Crippen LogP contribution < -0.4 is 5.32 Å². The molecule has 1 aromatic heterocycles. The van der Waals surface area contributed by atoms with Gasteiger partial charge in [-0.05, 0) is 19.2 Å². The standard InChI is InChI=1S/C12H15ClN2/c1-14-7-6-10-8-9-4-3-5-11(13)12(9)15(10)2/h3-5,8,14H,6-7H2,1-2H3. The molecule has 0 radical (unpaired) electrons. The van der Waals surface area contributed by atoms with Gasteiger partial charge >= 0.3 is 0 Å². The van der Waals surface area contributed by atoms with Gasteiger partial charge in [-0.1, -0.05) is 23.7 Å². The molecule has 0 saturated carbocycles. The van der Waals surface area contributed by atoms with Crippen LogP contribution in [0.3, 0.4) is 0 Å². The van der Waals surface area contributed by atoms with Crippen LogP contribution in [0.1, 0.15) is 5.69 Å². The molecule has 0 aliphatic rings. The van der Waals surface area contributed by atoms with Crippen LogP contribution in [0.5, 0.6) is 0 Å². The molecule has 0 unspecified atom stereocenters. The molecular formula is C12H15ClN2. The normalized spacial score (nSPS) is 11.1. The van der Waals surface area contributed by atoms with Crippen LogP contribution in [0.15, 0.2) is 24.3 Å². The van der Waals surface area contributed by atoms with Crippen LogP contribution in [0.25, 0.3) is 10.9 Å². The summed E-state index contributed by atoms with van der Waals surface area (Å²) in [6.07, 6.45) is 1.03. The van der Waals surface area contributed by atoms with Crippen molar-refractivity contribution in [2.75, 3.05) is 13.6 Å². The van der Waals surface area contributed by atoms with Gasteiger partial charge in [0.15, 0.2) is 0 Å². The fourth-order valence-electron chi connectivity index (χ4n) is 1.92. The lowest BCUT2D eigenvalue weighted by Gasteiger charge is -2.04. The quantitative estimate of drug-likeness (QED) is 0.845. The molecule has 15 heavy (non-hydrogen) atoms. The van der Waals surface area contributed by atoms with Gasteiger partial charge in [-0.2, -0.15) is 0 Å². The minimum absolute atomic E-state index is 0.825. The summed E-state index contributed by atoms with van der Waals surface area (Å²) in [5, 5.41) is 5.20. The molecule has 1 heterocycles. The van der Waals surface area contributed by atoms with Crippen molar-refractivity contribution in [3.63, 3.8) is 0 Å². The number of likely N-dealkylation sites (N-methyl/N-ethyl adjacent to an activating group) is 1. The fraction of sp³-hybridized carbons (Fsp3) is 0.333. The Bertz CT molecular complexity index is 474. The van der Waals surface area contributed by atoms with Crippen LogP contribution in [-0.2, 0) is 13.5 Å². The molecule has 0 fully saturated rings. The second-order valence-corrected chi connectivity index (χ2v) is 4.13. The van der Waals surface area contributed by atoms with E-state index in [-0.39, 0.29) is 0 Å². The van der Waals surface area contributed by atoms with Gasteiger partial charge in [0.2, 0.25) is 0 Å². The SMILES string of the molecule is CNCCc1cc2cccc(Cl)c2n1C. The van der Waals surface area contributed by atoms with E-state index in [9.17, 15) is 0 Å². The summed E-state index contributed by atoms with van der Waals surface area (Å²) in [6, 6.07) is 8.24. The van der Waals surface area contributed by atoms with Gasteiger partial charge in [0.1, 0.15) is 0 Å².